The Labute approximate surface area is 81.0 Å². The van der Waals surface area contributed by atoms with Crippen LogP contribution in [0.3, 0.4) is 0 Å². The lowest BCUT2D eigenvalue weighted by Gasteiger charge is -1.99. The molecule has 1 aromatic heterocycles. The second kappa shape index (κ2) is 5.38. The topological polar surface area (TPSA) is 22.4 Å². The van der Waals surface area contributed by atoms with E-state index in [1.165, 1.54) is 5.56 Å². The molecule has 0 fully saturated rings. The van der Waals surface area contributed by atoms with Crippen LogP contribution in [-0.2, 0) is 17.8 Å². The minimum Gasteiger partial charge on any atom is -0.469 e. The van der Waals surface area contributed by atoms with E-state index in [1.54, 1.807) is 13.4 Å². The van der Waals surface area contributed by atoms with Crippen molar-refractivity contribution in [3.05, 3.63) is 23.7 Å². The Morgan fingerprint density at radius 2 is 2.42 bits per heavy atom. The van der Waals surface area contributed by atoms with E-state index in [4.69, 9.17) is 9.15 Å². The fourth-order valence-corrected chi connectivity index (χ4v) is 1.38. The molecule has 0 spiro atoms. The molecule has 1 aromatic rings. The number of furan rings is 1. The van der Waals surface area contributed by atoms with Gasteiger partial charge in [0.15, 0.2) is 0 Å². The lowest BCUT2D eigenvalue weighted by molar-refractivity contribution is 0.183. The third-order valence-electron chi connectivity index (χ3n) is 1.67. The number of alkyl halides is 1. The van der Waals surface area contributed by atoms with Crippen molar-refractivity contribution in [2.45, 2.75) is 19.4 Å². The monoisotopic (exact) mass is 232 g/mol. The molecule has 68 valence electrons. The molecule has 0 N–H and O–H groups in total. The van der Waals surface area contributed by atoms with Crippen molar-refractivity contribution in [3.63, 3.8) is 0 Å². The van der Waals surface area contributed by atoms with Crippen LogP contribution >= 0.6 is 15.9 Å². The summed E-state index contributed by atoms with van der Waals surface area (Å²) >= 11 is 3.39. The van der Waals surface area contributed by atoms with Crippen LogP contribution in [0.4, 0.5) is 0 Å². The Bertz CT molecular complexity index is 220. The van der Waals surface area contributed by atoms with Gasteiger partial charge >= 0.3 is 0 Å². The van der Waals surface area contributed by atoms with Crippen LogP contribution < -0.4 is 0 Å². The van der Waals surface area contributed by atoms with E-state index in [9.17, 15) is 0 Å². The van der Waals surface area contributed by atoms with Crippen LogP contribution in [0.1, 0.15) is 17.7 Å². The first-order valence-electron chi connectivity index (χ1n) is 3.98. The number of rotatable bonds is 5. The first-order chi connectivity index (χ1) is 5.88. The zero-order valence-corrected chi connectivity index (χ0v) is 8.76. The van der Waals surface area contributed by atoms with Crippen molar-refractivity contribution in [1.82, 2.24) is 0 Å². The summed E-state index contributed by atoms with van der Waals surface area (Å²) in [4.78, 5) is 0. The summed E-state index contributed by atoms with van der Waals surface area (Å²) in [5.74, 6) is 1.05. The van der Waals surface area contributed by atoms with E-state index in [2.05, 4.69) is 15.9 Å². The average molecular weight is 233 g/mol. The Morgan fingerprint density at radius 3 is 3.08 bits per heavy atom. The second-order valence-electron chi connectivity index (χ2n) is 2.59. The minimum atomic E-state index is 0.647. The van der Waals surface area contributed by atoms with Crippen LogP contribution in [-0.4, -0.2) is 12.4 Å². The van der Waals surface area contributed by atoms with Gasteiger partial charge in [-0.1, -0.05) is 15.9 Å². The maximum atomic E-state index is 5.32. The Kier molecular flexibility index (Phi) is 4.40. The van der Waals surface area contributed by atoms with Crippen LogP contribution in [0.5, 0.6) is 0 Å². The number of hydrogen-bond donors (Lipinski definition) is 0. The smallest absolute Gasteiger partial charge is 0.109 e. The van der Waals surface area contributed by atoms with Gasteiger partial charge < -0.3 is 9.15 Å². The maximum absolute atomic E-state index is 5.32. The molecule has 0 bridgehead atoms. The number of aryl methyl sites for hydroxylation is 1. The molecule has 0 saturated carbocycles. The molecule has 0 aromatic carbocycles. The molecule has 0 aliphatic rings. The van der Waals surface area contributed by atoms with Crippen molar-refractivity contribution >= 4 is 15.9 Å². The standard InChI is InChI=1S/C9H13BrO2/c1-11-7-8-4-6-12-9(8)3-2-5-10/h4,6H,2-3,5,7H2,1H3. The van der Waals surface area contributed by atoms with E-state index in [1.807, 2.05) is 6.07 Å². The first kappa shape index (κ1) is 9.81. The molecule has 0 atom stereocenters. The van der Waals surface area contributed by atoms with E-state index < -0.39 is 0 Å². The number of methoxy groups -OCH3 is 1. The first-order valence-corrected chi connectivity index (χ1v) is 5.10. The van der Waals surface area contributed by atoms with E-state index in [0.29, 0.717) is 6.61 Å². The summed E-state index contributed by atoms with van der Waals surface area (Å²) in [6, 6.07) is 1.97. The molecule has 2 nitrogen and oxygen atoms in total. The van der Waals surface area contributed by atoms with Crippen molar-refractivity contribution in [2.24, 2.45) is 0 Å². The predicted molar refractivity (Wildman–Crippen MR) is 51.5 cm³/mol. The minimum absolute atomic E-state index is 0.647. The molecule has 3 heteroatoms. The zero-order valence-electron chi connectivity index (χ0n) is 7.18. The largest absolute Gasteiger partial charge is 0.469 e. The lowest BCUT2D eigenvalue weighted by atomic mass is 10.2. The van der Waals surface area contributed by atoms with Crippen LogP contribution in [0, 0.1) is 0 Å². The quantitative estimate of drug-likeness (QED) is 0.729. The Hall–Kier alpha value is -0.280. The highest BCUT2D eigenvalue weighted by molar-refractivity contribution is 9.09. The molecule has 0 aliphatic carbocycles. The zero-order chi connectivity index (χ0) is 8.81. The van der Waals surface area contributed by atoms with Crippen molar-refractivity contribution in [1.29, 1.82) is 0 Å². The van der Waals surface area contributed by atoms with Gasteiger partial charge in [0, 0.05) is 24.4 Å². The van der Waals surface area contributed by atoms with Gasteiger partial charge in [0.05, 0.1) is 12.9 Å². The van der Waals surface area contributed by atoms with Crippen molar-refractivity contribution in [3.8, 4) is 0 Å². The number of halogens is 1. The van der Waals surface area contributed by atoms with E-state index in [-0.39, 0.29) is 0 Å². The molecule has 1 rings (SSSR count). The number of ether oxygens (including phenoxy) is 1. The van der Waals surface area contributed by atoms with Crippen LogP contribution in [0.25, 0.3) is 0 Å². The Morgan fingerprint density at radius 1 is 1.58 bits per heavy atom. The summed E-state index contributed by atoms with van der Waals surface area (Å²) in [5, 5.41) is 1.01. The highest BCUT2D eigenvalue weighted by atomic mass is 79.9. The summed E-state index contributed by atoms with van der Waals surface area (Å²) in [7, 11) is 1.70. The van der Waals surface area contributed by atoms with E-state index in [0.717, 1.165) is 23.9 Å². The average Bonchev–Trinajstić information content (AvgIpc) is 2.50. The van der Waals surface area contributed by atoms with Crippen molar-refractivity contribution in [2.75, 3.05) is 12.4 Å². The third-order valence-corrected chi connectivity index (χ3v) is 2.24. The summed E-state index contributed by atoms with van der Waals surface area (Å²) in [6.07, 6.45) is 3.80. The molecule has 12 heavy (non-hydrogen) atoms. The molecule has 0 aliphatic heterocycles. The molecule has 0 saturated heterocycles. The van der Waals surface area contributed by atoms with Crippen LogP contribution in [0.2, 0.25) is 0 Å². The van der Waals surface area contributed by atoms with Gasteiger partial charge in [-0.2, -0.15) is 0 Å². The van der Waals surface area contributed by atoms with Crippen molar-refractivity contribution < 1.29 is 9.15 Å². The summed E-state index contributed by atoms with van der Waals surface area (Å²) in [6.45, 7) is 0.647. The number of hydrogen-bond acceptors (Lipinski definition) is 2. The fraction of sp³-hybridized carbons (Fsp3) is 0.556. The third kappa shape index (κ3) is 2.64. The molecular formula is C9H13BrO2. The molecule has 1 heterocycles. The molecule has 0 amide bonds. The molecule has 0 radical (unpaired) electrons. The van der Waals surface area contributed by atoms with E-state index >= 15 is 0 Å². The highest BCUT2D eigenvalue weighted by Crippen LogP contribution is 2.13. The van der Waals surface area contributed by atoms with Gasteiger partial charge in [-0.05, 0) is 12.5 Å². The van der Waals surface area contributed by atoms with Gasteiger partial charge in [0.1, 0.15) is 5.76 Å². The van der Waals surface area contributed by atoms with Gasteiger partial charge in [0.25, 0.3) is 0 Å². The highest BCUT2D eigenvalue weighted by Gasteiger charge is 2.04. The lowest BCUT2D eigenvalue weighted by Crippen LogP contribution is -1.92. The second-order valence-corrected chi connectivity index (χ2v) is 3.39. The predicted octanol–water partition coefficient (Wildman–Crippen LogP) is 2.75. The van der Waals surface area contributed by atoms with Gasteiger partial charge in [-0.25, -0.2) is 0 Å². The van der Waals surface area contributed by atoms with Gasteiger partial charge in [-0.15, -0.1) is 0 Å². The maximum Gasteiger partial charge on any atom is 0.109 e. The SMILES string of the molecule is COCc1ccoc1CCCBr. The summed E-state index contributed by atoms with van der Waals surface area (Å²) < 4.78 is 10.4. The molecular weight excluding hydrogens is 220 g/mol. The van der Waals surface area contributed by atoms with Gasteiger partial charge in [0.2, 0.25) is 0 Å². The summed E-state index contributed by atoms with van der Waals surface area (Å²) in [5.41, 5.74) is 1.17. The van der Waals surface area contributed by atoms with Gasteiger partial charge in [-0.3, -0.25) is 0 Å². The molecule has 0 unspecified atom stereocenters. The Balaban J connectivity index is 2.51. The fourth-order valence-electron chi connectivity index (χ4n) is 1.10. The van der Waals surface area contributed by atoms with Crippen LogP contribution in [0.15, 0.2) is 16.7 Å². The normalized spacial score (nSPS) is 10.5.